The van der Waals surface area contributed by atoms with Gasteiger partial charge >= 0.3 is 5.97 Å². The summed E-state index contributed by atoms with van der Waals surface area (Å²) in [5, 5.41) is 0. The molecule has 5 heteroatoms. The van der Waals surface area contributed by atoms with Gasteiger partial charge in [0, 0.05) is 0 Å². The minimum absolute atomic E-state index is 0.293. The van der Waals surface area contributed by atoms with Crippen molar-refractivity contribution in [3.63, 3.8) is 0 Å². The molecule has 4 nitrogen and oxygen atoms in total. The quantitative estimate of drug-likeness (QED) is 0.451. The molecule has 0 aliphatic heterocycles. The van der Waals surface area contributed by atoms with Gasteiger partial charge < -0.3 is 4.74 Å². The molecule has 0 amide bonds. The molecule has 0 N–H and O–H groups in total. The fraction of sp³-hybridized carbons (Fsp3) is 0.250. The third-order valence-corrected chi connectivity index (χ3v) is 2.24. The van der Waals surface area contributed by atoms with Crippen molar-refractivity contribution >= 4 is 17.5 Å². The molecule has 1 rings (SSSR count). The number of benzene rings is 1. The van der Waals surface area contributed by atoms with Gasteiger partial charge in [-0.25, -0.2) is 4.39 Å². The maximum atomic E-state index is 13.3. The second-order valence-electron chi connectivity index (χ2n) is 3.41. The topological polar surface area (TPSA) is 60.4 Å². The van der Waals surface area contributed by atoms with Crippen LogP contribution in [0.15, 0.2) is 24.3 Å². The molecular formula is C12H11FO4. The van der Waals surface area contributed by atoms with Crippen molar-refractivity contribution < 1.29 is 23.5 Å². The van der Waals surface area contributed by atoms with Crippen LogP contribution in [-0.4, -0.2) is 24.6 Å². The van der Waals surface area contributed by atoms with E-state index >= 15 is 0 Å². The molecule has 17 heavy (non-hydrogen) atoms. The fourth-order valence-corrected chi connectivity index (χ4v) is 1.39. The number of carbonyl (C=O) groups is 3. The molecular weight excluding hydrogens is 227 g/mol. The number of esters is 1. The zero-order chi connectivity index (χ0) is 13.0. The summed E-state index contributed by atoms with van der Waals surface area (Å²) in [5.41, 5.74) is -0.293. The molecule has 0 aromatic heterocycles. The monoisotopic (exact) mass is 238 g/mol. The predicted molar refractivity (Wildman–Crippen MR) is 56.9 cm³/mol. The number of carbonyl (C=O) groups excluding carboxylic acids is 3. The molecule has 0 aliphatic carbocycles. The van der Waals surface area contributed by atoms with Crippen molar-refractivity contribution in [3.8, 4) is 0 Å². The second kappa shape index (κ2) is 5.34. The molecule has 0 saturated heterocycles. The van der Waals surface area contributed by atoms with E-state index < -0.39 is 29.3 Å². The highest BCUT2D eigenvalue weighted by molar-refractivity contribution is 6.22. The largest absolute Gasteiger partial charge is 0.468 e. The number of ether oxygens (including phenoxy) is 1. The van der Waals surface area contributed by atoms with Gasteiger partial charge in [0.15, 0.2) is 17.5 Å². The summed E-state index contributed by atoms with van der Waals surface area (Å²) in [6.07, 6.45) is 0. The zero-order valence-corrected chi connectivity index (χ0v) is 9.40. The Morgan fingerprint density at radius 1 is 1.24 bits per heavy atom. The van der Waals surface area contributed by atoms with E-state index in [0.717, 1.165) is 20.1 Å². The number of halogens is 1. The predicted octanol–water partition coefficient (Wildman–Crippen LogP) is 1.39. The van der Waals surface area contributed by atoms with E-state index in [-0.39, 0.29) is 5.56 Å². The standard InChI is InChI=1S/C12H11FO4/c1-7(14)10(12(16)17-2)11(15)8-5-3-4-6-9(8)13/h3-6,10H,1-2H3. The van der Waals surface area contributed by atoms with Crippen LogP contribution in [0.2, 0.25) is 0 Å². The molecule has 1 unspecified atom stereocenters. The molecule has 1 aromatic carbocycles. The van der Waals surface area contributed by atoms with Gasteiger partial charge in [0.2, 0.25) is 0 Å². The van der Waals surface area contributed by atoms with Crippen molar-refractivity contribution in [2.24, 2.45) is 5.92 Å². The molecule has 0 fully saturated rings. The van der Waals surface area contributed by atoms with Crippen LogP contribution in [0.1, 0.15) is 17.3 Å². The summed E-state index contributed by atoms with van der Waals surface area (Å²) < 4.78 is 17.7. The minimum atomic E-state index is -1.60. The van der Waals surface area contributed by atoms with E-state index in [2.05, 4.69) is 4.74 Å². The van der Waals surface area contributed by atoms with Gasteiger partial charge in [0.25, 0.3) is 0 Å². The van der Waals surface area contributed by atoms with Crippen molar-refractivity contribution in [2.45, 2.75) is 6.92 Å². The Labute approximate surface area is 97.4 Å². The van der Waals surface area contributed by atoms with E-state index in [1.807, 2.05) is 0 Å². The van der Waals surface area contributed by atoms with Crippen molar-refractivity contribution in [1.29, 1.82) is 0 Å². The Morgan fingerprint density at radius 2 is 1.82 bits per heavy atom. The third-order valence-electron chi connectivity index (χ3n) is 2.24. The lowest BCUT2D eigenvalue weighted by Gasteiger charge is -2.10. The summed E-state index contributed by atoms with van der Waals surface area (Å²) >= 11 is 0. The van der Waals surface area contributed by atoms with Gasteiger partial charge in [-0.3, -0.25) is 14.4 Å². The van der Waals surface area contributed by atoms with Crippen LogP contribution in [-0.2, 0) is 14.3 Å². The highest BCUT2D eigenvalue weighted by atomic mass is 19.1. The lowest BCUT2D eigenvalue weighted by molar-refractivity contribution is -0.146. The number of hydrogen-bond acceptors (Lipinski definition) is 4. The van der Waals surface area contributed by atoms with Crippen molar-refractivity contribution in [1.82, 2.24) is 0 Å². The molecule has 0 aliphatic rings. The smallest absolute Gasteiger partial charge is 0.324 e. The van der Waals surface area contributed by atoms with Gasteiger partial charge in [-0.05, 0) is 19.1 Å². The Bertz CT molecular complexity index is 467. The first kappa shape index (κ1) is 13.0. The molecule has 0 saturated carbocycles. The van der Waals surface area contributed by atoms with Gasteiger partial charge in [-0.1, -0.05) is 12.1 Å². The maximum absolute atomic E-state index is 13.3. The Balaban J connectivity index is 3.14. The van der Waals surface area contributed by atoms with Crippen LogP contribution < -0.4 is 0 Å². The molecule has 1 aromatic rings. The zero-order valence-electron chi connectivity index (χ0n) is 9.40. The molecule has 0 radical (unpaired) electrons. The SMILES string of the molecule is COC(=O)C(C(C)=O)C(=O)c1ccccc1F. The maximum Gasteiger partial charge on any atom is 0.324 e. The fourth-order valence-electron chi connectivity index (χ4n) is 1.39. The summed E-state index contributed by atoms with van der Waals surface area (Å²) in [6.45, 7) is 1.08. The minimum Gasteiger partial charge on any atom is -0.468 e. The molecule has 0 spiro atoms. The van der Waals surface area contributed by atoms with E-state index in [1.54, 1.807) is 0 Å². The summed E-state index contributed by atoms with van der Waals surface area (Å²) in [6, 6.07) is 5.16. The first-order valence-electron chi connectivity index (χ1n) is 4.86. The molecule has 1 atom stereocenters. The van der Waals surface area contributed by atoms with Crippen LogP contribution in [0.5, 0.6) is 0 Å². The number of rotatable bonds is 4. The number of methoxy groups -OCH3 is 1. The summed E-state index contributed by atoms with van der Waals surface area (Å²) in [4.78, 5) is 34.4. The van der Waals surface area contributed by atoms with E-state index in [0.29, 0.717) is 0 Å². The van der Waals surface area contributed by atoms with Crippen LogP contribution in [0.4, 0.5) is 4.39 Å². The Morgan fingerprint density at radius 3 is 2.29 bits per heavy atom. The first-order chi connectivity index (χ1) is 7.99. The average Bonchev–Trinajstić information content (AvgIpc) is 2.28. The van der Waals surface area contributed by atoms with Crippen molar-refractivity contribution in [3.05, 3.63) is 35.6 Å². The van der Waals surface area contributed by atoms with Gasteiger partial charge in [0.1, 0.15) is 5.82 Å². The van der Waals surface area contributed by atoms with Crippen LogP contribution in [0.25, 0.3) is 0 Å². The number of Topliss-reactive ketones (excluding diaryl/α,β-unsaturated/α-hetero) is 2. The van der Waals surface area contributed by atoms with Gasteiger partial charge in [-0.15, -0.1) is 0 Å². The van der Waals surface area contributed by atoms with Gasteiger partial charge in [-0.2, -0.15) is 0 Å². The number of hydrogen-bond donors (Lipinski definition) is 0. The normalized spacial score (nSPS) is 11.7. The summed E-state index contributed by atoms with van der Waals surface area (Å²) in [7, 11) is 1.06. The van der Waals surface area contributed by atoms with Crippen LogP contribution in [0.3, 0.4) is 0 Å². The van der Waals surface area contributed by atoms with Crippen LogP contribution in [0, 0.1) is 11.7 Å². The number of ketones is 2. The molecule has 90 valence electrons. The van der Waals surface area contributed by atoms with E-state index in [4.69, 9.17) is 0 Å². The Hall–Kier alpha value is -2.04. The lowest BCUT2D eigenvalue weighted by Crippen LogP contribution is -2.32. The summed E-state index contributed by atoms with van der Waals surface area (Å²) in [5.74, 6) is -4.91. The van der Waals surface area contributed by atoms with E-state index in [9.17, 15) is 18.8 Å². The highest BCUT2D eigenvalue weighted by Gasteiger charge is 2.34. The molecule has 0 bridgehead atoms. The third kappa shape index (κ3) is 2.75. The highest BCUT2D eigenvalue weighted by Crippen LogP contribution is 2.15. The van der Waals surface area contributed by atoms with Crippen LogP contribution >= 0.6 is 0 Å². The molecule has 0 heterocycles. The van der Waals surface area contributed by atoms with Gasteiger partial charge in [0.05, 0.1) is 12.7 Å². The second-order valence-corrected chi connectivity index (χ2v) is 3.41. The lowest BCUT2D eigenvalue weighted by atomic mass is 9.94. The first-order valence-corrected chi connectivity index (χ1v) is 4.86. The average molecular weight is 238 g/mol. The Kier molecular flexibility index (Phi) is 4.09. The van der Waals surface area contributed by atoms with Crippen molar-refractivity contribution in [2.75, 3.05) is 7.11 Å². The van der Waals surface area contributed by atoms with E-state index in [1.165, 1.54) is 18.2 Å².